The number of carboxylic acid groups (broad SMARTS) is 1. The molecular formula is C20H30O3. The van der Waals surface area contributed by atoms with Crippen LogP contribution in [0.5, 0.6) is 0 Å². The summed E-state index contributed by atoms with van der Waals surface area (Å²) in [6.45, 7) is 11.5. The Balaban J connectivity index is 2.24. The third kappa shape index (κ3) is 3.59. The van der Waals surface area contributed by atoms with Crippen molar-refractivity contribution >= 4 is 12.3 Å². The van der Waals surface area contributed by atoms with E-state index >= 15 is 0 Å². The van der Waals surface area contributed by atoms with Gasteiger partial charge in [0.2, 0.25) is 0 Å². The van der Waals surface area contributed by atoms with Crippen LogP contribution in [0.2, 0.25) is 0 Å². The first-order valence-corrected chi connectivity index (χ1v) is 8.74. The molecule has 0 bridgehead atoms. The van der Waals surface area contributed by atoms with Gasteiger partial charge < -0.3 is 5.11 Å². The van der Waals surface area contributed by atoms with Gasteiger partial charge in [0.15, 0.2) is 0 Å². The number of carboxylic acids is 1. The molecule has 23 heavy (non-hydrogen) atoms. The van der Waals surface area contributed by atoms with Gasteiger partial charge in [-0.1, -0.05) is 45.4 Å². The van der Waals surface area contributed by atoms with E-state index in [2.05, 4.69) is 27.4 Å². The van der Waals surface area contributed by atoms with Gasteiger partial charge in [0.25, 0.3) is 0 Å². The number of rotatable bonds is 5. The minimum Gasteiger partial charge on any atom is -0.481 e. The Morgan fingerprint density at radius 2 is 2.04 bits per heavy atom. The molecule has 0 heterocycles. The summed E-state index contributed by atoms with van der Waals surface area (Å²) in [5.41, 5.74) is 2.22. The predicted octanol–water partition coefficient (Wildman–Crippen LogP) is 4.78. The van der Waals surface area contributed by atoms with E-state index < -0.39 is 5.97 Å². The molecule has 1 N–H and O–H groups in total. The molecule has 1 unspecified atom stereocenters. The lowest BCUT2D eigenvalue weighted by Crippen LogP contribution is -2.49. The maximum atomic E-state index is 11.1. The highest BCUT2D eigenvalue weighted by Crippen LogP contribution is 2.61. The number of aliphatic carboxylic acids is 1. The highest BCUT2D eigenvalue weighted by Gasteiger charge is 2.52. The number of carbonyl (C=O) groups excluding carboxylic acids is 1. The summed E-state index contributed by atoms with van der Waals surface area (Å²) in [5, 5.41) is 8.89. The summed E-state index contributed by atoms with van der Waals surface area (Å²) >= 11 is 0. The quantitative estimate of drug-likeness (QED) is 0.451. The maximum absolute atomic E-state index is 11.1. The Morgan fingerprint density at radius 3 is 2.65 bits per heavy atom. The zero-order valence-electron chi connectivity index (χ0n) is 14.7. The average molecular weight is 318 g/mol. The van der Waals surface area contributed by atoms with E-state index in [4.69, 9.17) is 5.11 Å². The predicted molar refractivity (Wildman–Crippen MR) is 92.1 cm³/mol. The molecule has 0 aromatic carbocycles. The van der Waals surface area contributed by atoms with E-state index in [0.717, 1.165) is 12.8 Å². The van der Waals surface area contributed by atoms with Crippen LogP contribution in [0.1, 0.15) is 65.7 Å². The topological polar surface area (TPSA) is 54.4 Å². The van der Waals surface area contributed by atoms with Crippen molar-refractivity contribution in [3.05, 3.63) is 23.8 Å². The van der Waals surface area contributed by atoms with Crippen LogP contribution in [0, 0.1) is 22.7 Å². The van der Waals surface area contributed by atoms with Crippen molar-refractivity contribution in [2.75, 3.05) is 0 Å². The van der Waals surface area contributed by atoms with Gasteiger partial charge in [0.1, 0.15) is 6.29 Å². The third-order valence-corrected chi connectivity index (χ3v) is 6.44. The molecule has 128 valence electrons. The lowest BCUT2D eigenvalue weighted by Gasteiger charge is -2.58. The molecule has 2 aliphatic carbocycles. The van der Waals surface area contributed by atoms with Gasteiger partial charge in [-0.25, -0.2) is 0 Å². The fraction of sp³-hybridized carbons (Fsp3) is 0.700. The van der Waals surface area contributed by atoms with Crippen molar-refractivity contribution in [1.82, 2.24) is 0 Å². The van der Waals surface area contributed by atoms with Gasteiger partial charge in [-0.15, -0.1) is 0 Å². The second-order valence-electron chi connectivity index (χ2n) is 8.35. The van der Waals surface area contributed by atoms with Crippen LogP contribution in [-0.4, -0.2) is 17.4 Å². The Kier molecular flexibility index (Phi) is 5.17. The van der Waals surface area contributed by atoms with Crippen LogP contribution < -0.4 is 0 Å². The summed E-state index contributed by atoms with van der Waals surface area (Å²) in [5.74, 6) is 0.0742. The van der Waals surface area contributed by atoms with E-state index in [1.54, 1.807) is 0 Å². The molecule has 0 aromatic rings. The molecule has 3 atom stereocenters. The minimum absolute atomic E-state index is 0.186. The molecule has 0 spiro atoms. The molecule has 2 fully saturated rings. The minimum atomic E-state index is -0.950. The second-order valence-corrected chi connectivity index (χ2v) is 8.35. The summed E-state index contributed by atoms with van der Waals surface area (Å²) in [6, 6.07) is 0. The Labute approximate surface area is 139 Å². The number of hydrogen-bond donors (Lipinski definition) is 1. The van der Waals surface area contributed by atoms with Crippen LogP contribution in [0.15, 0.2) is 23.8 Å². The molecule has 2 rings (SSSR count). The first-order chi connectivity index (χ1) is 10.7. The summed E-state index contributed by atoms with van der Waals surface area (Å²) < 4.78 is 0. The molecule has 0 saturated heterocycles. The van der Waals surface area contributed by atoms with Crippen LogP contribution >= 0.6 is 0 Å². The molecule has 3 heteroatoms. The van der Waals surface area contributed by atoms with Crippen molar-refractivity contribution in [2.45, 2.75) is 65.7 Å². The normalized spacial score (nSPS) is 33.9. The number of aldehydes is 1. The van der Waals surface area contributed by atoms with Gasteiger partial charge in [-0.2, -0.15) is 0 Å². The van der Waals surface area contributed by atoms with Gasteiger partial charge in [0, 0.05) is 0 Å². The molecule has 3 nitrogen and oxygen atoms in total. The zero-order chi connectivity index (χ0) is 17.3. The van der Waals surface area contributed by atoms with E-state index in [1.165, 1.54) is 31.3 Å². The molecule has 0 radical (unpaired) electrons. The van der Waals surface area contributed by atoms with E-state index in [0.29, 0.717) is 29.1 Å². The molecule has 0 amide bonds. The van der Waals surface area contributed by atoms with Gasteiger partial charge >= 0.3 is 5.97 Å². The van der Waals surface area contributed by atoms with Gasteiger partial charge in [0.05, 0.1) is 6.42 Å². The van der Waals surface area contributed by atoms with Crippen molar-refractivity contribution in [1.29, 1.82) is 0 Å². The first-order valence-electron chi connectivity index (χ1n) is 8.74. The lowest BCUT2D eigenvalue weighted by atomic mass is 9.47. The molecule has 2 saturated carbocycles. The molecule has 0 aromatic heterocycles. The fourth-order valence-corrected chi connectivity index (χ4v) is 5.32. The Bertz CT molecular complexity index is 529. The van der Waals surface area contributed by atoms with Crippen LogP contribution in [-0.2, 0) is 9.59 Å². The van der Waals surface area contributed by atoms with Crippen molar-refractivity contribution in [2.24, 2.45) is 22.7 Å². The molecule has 0 aliphatic heterocycles. The van der Waals surface area contributed by atoms with Gasteiger partial charge in [-0.3, -0.25) is 9.59 Å². The van der Waals surface area contributed by atoms with Crippen LogP contribution in [0.25, 0.3) is 0 Å². The average Bonchev–Trinajstić information content (AvgIpc) is 2.43. The summed E-state index contributed by atoms with van der Waals surface area (Å²) in [4.78, 5) is 21.9. The number of allylic oxidation sites excluding steroid dienone is 2. The number of hydrogen-bond acceptors (Lipinski definition) is 2. The largest absolute Gasteiger partial charge is 0.481 e. The maximum Gasteiger partial charge on any atom is 0.307 e. The number of fused-ring (bicyclic) bond motifs is 1. The highest BCUT2D eigenvalue weighted by molar-refractivity contribution is 5.83. The first kappa shape index (κ1) is 18.0. The van der Waals surface area contributed by atoms with Crippen molar-refractivity contribution in [3.8, 4) is 0 Å². The van der Waals surface area contributed by atoms with Crippen molar-refractivity contribution in [3.63, 3.8) is 0 Å². The van der Waals surface area contributed by atoms with E-state index in [9.17, 15) is 9.59 Å². The third-order valence-electron chi connectivity index (χ3n) is 6.44. The van der Waals surface area contributed by atoms with Crippen molar-refractivity contribution < 1.29 is 14.7 Å². The monoisotopic (exact) mass is 318 g/mol. The summed E-state index contributed by atoms with van der Waals surface area (Å²) in [6.07, 6.45) is 9.06. The number of carbonyl (C=O) groups is 2. The summed E-state index contributed by atoms with van der Waals surface area (Å²) in [7, 11) is 0. The highest BCUT2D eigenvalue weighted by atomic mass is 16.4. The Morgan fingerprint density at radius 1 is 1.35 bits per heavy atom. The lowest BCUT2D eigenvalue weighted by molar-refractivity contribution is -0.136. The fourth-order valence-electron chi connectivity index (χ4n) is 5.32. The Hall–Kier alpha value is -1.38. The van der Waals surface area contributed by atoms with Crippen LogP contribution in [0.4, 0.5) is 0 Å². The zero-order valence-corrected chi connectivity index (χ0v) is 14.7. The smallest absolute Gasteiger partial charge is 0.307 e. The van der Waals surface area contributed by atoms with E-state index in [-0.39, 0.29) is 11.8 Å². The standard InChI is InChI=1S/C20H30O3/c1-14-6-9-17-19(2,3)10-5-11-20(17,4)16(14)8-7-15(13-21)12-18(22)23/h7,13,16-17H,1,5-6,8-12H2,2-4H3,(H,22,23)/b15-7+/t16-,17?,20+/m0/s1. The molecule has 2 aliphatic rings. The van der Waals surface area contributed by atoms with E-state index in [1.807, 2.05) is 6.08 Å². The van der Waals surface area contributed by atoms with Crippen LogP contribution in [0.3, 0.4) is 0 Å². The second kappa shape index (κ2) is 6.62. The molecular weight excluding hydrogens is 288 g/mol. The van der Waals surface area contributed by atoms with Gasteiger partial charge in [-0.05, 0) is 60.3 Å². The SMILES string of the molecule is C=C1CCC2C(C)(C)CCC[C@]2(C)[C@H]1C/C=C(/C=O)CC(=O)O.